The number of ether oxygens (including phenoxy) is 2. The molecular weight excluding hydrogens is 647 g/mol. The average Bonchev–Trinajstić information content (AvgIpc) is 3.09. The smallest absolute Gasteiger partial charge is 0.462 e. The number of phosphoric ester groups is 1. The third kappa shape index (κ3) is 34.7. The van der Waals surface area contributed by atoms with Crippen LogP contribution in [0.3, 0.4) is 0 Å². The molecule has 3 atom stereocenters. The number of aliphatic hydroxyl groups excluding tert-OH is 2. The highest BCUT2D eigenvalue weighted by molar-refractivity contribution is 7.47. The fourth-order valence-electron chi connectivity index (χ4n) is 5.04. The minimum atomic E-state index is -4.61. The number of carbonyl (C=O) groups is 2. The highest BCUT2D eigenvalue weighted by Gasteiger charge is 2.27. The predicted octanol–water partition coefficient (Wildman–Crippen LogP) is 9.44. The standard InChI is InChI=1S/C38H71O10P/c1-3-5-7-9-11-13-15-17-19-21-23-25-27-29-37(41)45-33-36(34-47-49(43,44)46-32-35(40)31-39)48-38(42)30-28-26-24-22-20-18-16-14-12-10-8-6-4-2/h13-16,35-36,39-40H,3-12,17-34H2,1-2H3,(H,43,44)/b15-13-,16-14-/t35?,36-/m1/s1. The molecule has 49 heavy (non-hydrogen) atoms. The van der Waals surface area contributed by atoms with Crippen molar-refractivity contribution in [3.05, 3.63) is 24.3 Å². The quantitative estimate of drug-likeness (QED) is 0.0248. The minimum Gasteiger partial charge on any atom is -0.462 e. The van der Waals surface area contributed by atoms with Gasteiger partial charge in [-0.05, 0) is 64.2 Å². The molecule has 0 radical (unpaired) electrons. The SMILES string of the molecule is CCCCCC/C=C\CCCCCCCC(=O)OC[C@H](COP(=O)(O)OCC(O)CO)OC(=O)CCCCCCC/C=C\CCCCCC. The van der Waals surface area contributed by atoms with Gasteiger partial charge in [0.05, 0.1) is 19.8 Å². The molecule has 0 aromatic rings. The molecule has 3 N–H and O–H groups in total. The third-order valence-corrected chi connectivity index (χ3v) is 9.03. The van der Waals surface area contributed by atoms with Crippen LogP contribution in [-0.4, -0.2) is 65.7 Å². The van der Waals surface area contributed by atoms with Crippen molar-refractivity contribution < 1.29 is 47.8 Å². The van der Waals surface area contributed by atoms with Crippen molar-refractivity contribution in [3.63, 3.8) is 0 Å². The summed E-state index contributed by atoms with van der Waals surface area (Å²) < 4.78 is 32.6. The Morgan fingerprint density at radius 3 is 1.47 bits per heavy atom. The Kier molecular flexibility index (Phi) is 33.8. The summed E-state index contributed by atoms with van der Waals surface area (Å²) in [5, 5.41) is 18.3. The summed E-state index contributed by atoms with van der Waals surface area (Å²) in [6, 6.07) is 0. The number of esters is 2. The van der Waals surface area contributed by atoms with Crippen LogP contribution in [0.5, 0.6) is 0 Å². The summed E-state index contributed by atoms with van der Waals surface area (Å²) in [7, 11) is -4.61. The van der Waals surface area contributed by atoms with Gasteiger partial charge in [0.15, 0.2) is 6.10 Å². The van der Waals surface area contributed by atoms with Crippen molar-refractivity contribution in [1.82, 2.24) is 0 Å². The highest BCUT2D eigenvalue weighted by atomic mass is 31.2. The molecule has 0 aliphatic heterocycles. The third-order valence-electron chi connectivity index (χ3n) is 8.08. The number of carbonyl (C=O) groups excluding carboxylic acids is 2. The van der Waals surface area contributed by atoms with Crippen LogP contribution in [0.4, 0.5) is 0 Å². The maximum Gasteiger partial charge on any atom is 0.472 e. The monoisotopic (exact) mass is 718 g/mol. The zero-order valence-corrected chi connectivity index (χ0v) is 31.8. The molecule has 0 saturated heterocycles. The number of rotatable bonds is 36. The van der Waals surface area contributed by atoms with Crippen LogP contribution in [-0.2, 0) is 32.7 Å². The van der Waals surface area contributed by atoms with E-state index in [9.17, 15) is 24.2 Å². The Morgan fingerprint density at radius 2 is 1.00 bits per heavy atom. The Balaban J connectivity index is 4.39. The normalized spacial score (nSPS) is 14.3. The van der Waals surface area contributed by atoms with E-state index in [2.05, 4.69) is 42.7 Å². The number of hydrogen-bond acceptors (Lipinski definition) is 9. The highest BCUT2D eigenvalue weighted by Crippen LogP contribution is 2.43. The lowest BCUT2D eigenvalue weighted by molar-refractivity contribution is -0.161. The zero-order chi connectivity index (χ0) is 36.3. The number of aliphatic hydroxyl groups is 2. The van der Waals surface area contributed by atoms with Crippen molar-refractivity contribution >= 4 is 19.8 Å². The van der Waals surface area contributed by atoms with Gasteiger partial charge in [0.1, 0.15) is 12.7 Å². The number of hydrogen-bond donors (Lipinski definition) is 3. The molecule has 0 heterocycles. The van der Waals surface area contributed by atoms with Gasteiger partial charge >= 0.3 is 19.8 Å². The molecule has 0 aromatic carbocycles. The molecule has 11 heteroatoms. The maximum absolute atomic E-state index is 12.5. The summed E-state index contributed by atoms with van der Waals surface area (Å²) in [6.45, 7) is 2.31. The molecule has 0 aliphatic rings. The Hall–Kier alpha value is -1.55. The largest absolute Gasteiger partial charge is 0.472 e. The van der Waals surface area contributed by atoms with Gasteiger partial charge in [-0.15, -0.1) is 0 Å². The Morgan fingerprint density at radius 1 is 0.592 bits per heavy atom. The first-order chi connectivity index (χ1) is 23.7. The van der Waals surface area contributed by atoms with Gasteiger partial charge in [-0.25, -0.2) is 4.57 Å². The van der Waals surface area contributed by atoms with Crippen LogP contribution in [0.15, 0.2) is 24.3 Å². The van der Waals surface area contributed by atoms with Crippen molar-refractivity contribution in [1.29, 1.82) is 0 Å². The summed E-state index contributed by atoms with van der Waals surface area (Å²) in [4.78, 5) is 34.8. The van der Waals surface area contributed by atoms with Crippen molar-refractivity contribution in [2.75, 3.05) is 26.4 Å². The van der Waals surface area contributed by atoms with Crippen LogP contribution in [0.1, 0.15) is 168 Å². The molecule has 0 spiro atoms. The van der Waals surface area contributed by atoms with Crippen molar-refractivity contribution in [2.24, 2.45) is 0 Å². The molecule has 10 nitrogen and oxygen atoms in total. The first kappa shape index (κ1) is 47.4. The summed E-state index contributed by atoms with van der Waals surface area (Å²) in [5.74, 6) is -0.945. The summed E-state index contributed by atoms with van der Waals surface area (Å²) >= 11 is 0. The second-order valence-corrected chi connectivity index (χ2v) is 14.4. The van der Waals surface area contributed by atoms with E-state index in [4.69, 9.17) is 19.1 Å². The molecule has 0 saturated carbocycles. The van der Waals surface area contributed by atoms with E-state index in [0.29, 0.717) is 12.8 Å². The van der Waals surface area contributed by atoms with Crippen LogP contribution in [0, 0.1) is 0 Å². The molecule has 0 amide bonds. The van der Waals surface area contributed by atoms with Crippen molar-refractivity contribution in [3.8, 4) is 0 Å². The lowest BCUT2D eigenvalue weighted by Gasteiger charge is -2.20. The van der Waals surface area contributed by atoms with Gasteiger partial charge in [0.2, 0.25) is 0 Å². The second kappa shape index (κ2) is 34.9. The topological polar surface area (TPSA) is 149 Å². The van der Waals surface area contributed by atoms with E-state index in [1.807, 2.05) is 0 Å². The van der Waals surface area contributed by atoms with Crippen LogP contribution < -0.4 is 0 Å². The van der Waals surface area contributed by atoms with Crippen LogP contribution in [0.25, 0.3) is 0 Å². The van der Waals surface area contributed by atoms with Gasteiger partial charge in [-0.3, -0.25) is 18.6 Å². The lowest BCUT2D eigenvalue weighted by atomic mass is 10.1. The molecule has 0 aromatic heterocycles. The van der Waals surface area contributed by atoms with E-state index in [1.165, 1.54) is 51.4 Å². The summed E-state index contributed by atoms with van der Waals surface area (Å²) in [6.07, 6.45) is 31.4. The molecule has 288 valence electrons. The zero-order valence-electron chi connectivity index (χ0n) is 30.9. The molecule has 0 rings (SSSR count). The van der Waals surface area contributed by atoms with Gasteiger partial charge in [-0.1, -0.05) is 115 Å². The van der Waals surface area contributed by atoms with E-state index >= 15 is 0 Å². The minimum absolute atomic E-state index is 0.173. The second-order valence-electron chi connectivity index (χ2n) is 12.9. The van der Waals surface area contributed by atoms with E-state index in [0.717, 1.165) is 77.0 Å². The van der Waals surface area contributed by atoms with Crippen LogP contribution >= 0.6 is 7.82 Å². The summed E-state index contributed by atoms with van der Waals surface area (Å²) in [5.41, 5.74) is 0. The predicted molar refractivity (Wildman–Crippen MR) is 196 cm³/mol. The van der Waals surface area contributed by atoms with E-state index in [-0.39, 0.29) is 19.4 Å². The number of phosphoric acid groups is 1. The van der Waals surface area contributed by atoms with Crippen LogP contribution in [0.2, 0.25) is 0 Å². The molecule has 0 bridgehead atoms. The van der Waals surface area contributed by atoms with E-state index in [1.54, 1.807) is 0 Å². The first-order valence-corrected chi connectivity index (χ1v) is 20.8. The van der Waals surface area contributed by atoms with Gasteiger partial charge in [0, 0.05) is 12.8 Å². The van der Waals surface area contributed by atoms with Gasteiger partial charge in [0.25, 0.3) is 0 Å². The first-order valence-electron chi connectivity index (χ1n) is 19.3. The fourth-order valence-corrected chi connectivity index (χ4v) is 5.83. The van der Waals surface area contributed by atoms with Gasteiger partial charge < -0.3 is 24.6 Å². The molecule has 0 fully saturated rings. The number of unbranched alkanes of at least 4 members (excludes halogenated alkanes) is 18. The maximum atomic E-state index is 12.5. The van der Waals surface area contributed by atoms with Crippen molar-refractivity contribution in [2.45, 2.75) is 180 Å². The van der Waals surface area contributed by atoms with Gasteiger partial charge in [-0.2, -0.15) is 0 Å². The number of allylic oxidation sites excluding steroid dienone is 4. The Labute approximate surface area is 298 Å². The van der Waals surface area contributed by atoms with E-state index < -0.39 is 51.8 Å². The molecule has 2 unspecified atom stereocenters. The molecule has 0 aliphatic carbocycles. The Bertz CT molecular complexity index is 879. The lowest BCUT2D eigenvalue weighted by Crippen LogP contribution is -2.29. The fraction of sp³-hybridized carbons (Fsp3) is 0.842. The average molecular weight is 719 g/mol. The molecular formula is C38H71O10P.